The molecule has 112 valence electrons. The van der Waals surface area contributed by atoms with Crippen molar-refractivity contribution >= 4 is 17.3 Å². The lowest BCUT2D eigenvalue weighted by atomic mass is 9.84. The van der Waals surface area contributed by atoms with Crippen LogP contribution in [0.25, 0.3) is 0 Å². The van der Waals surface area contributed by atoms with Crippen molar-refractivity contribution in [1.29, 1.82) is 0 Å². The SMILES string of the molecule is CC(N)Cc1cc(Cl)ccc1N(C)C1CCCCC1C. The molecule has 2 nitrogen and oxygen atoms in total. The van der Waals surface area contributed by atoms with E-state index in [9.17, 15) is 0 Å². The summed E-state index contributed by atoms with van der Waals surface area (Å²) in [7, 11) is 2.22. The van der Waals surface area contributed by atoms with Crippen LogP contribution in [0.1, 0.15) is 45.1 Å². The largest absolute Gasteiger partial charge is 0.371 e. The summed E-state index contributed by atoms with van der Waals surface area (Å²) < 4.78 is 0. The first-order valence-corrected chi connectivity index (χ1v) is 8.13. The van der Waals surface area contributed by atoms with Gasteiger partial charge in [0.15, 0.2) is 0 Å². The lowest BCUT2D eigenvalue weighted by Gasteiger charge is -2.38. The van der Waals surface area contributed by atoms with E-state index in [0.717, 1.165) is 17.4 Å². The molecule has 3 heteroatoms. The molecule has 0 aromatic heterocycles. The third-order valence-corrected chi connectivity index (χ3v) is 4.76. The molecule has 3 atom stereocenters. The molecule has 0 spiro atoms. The summed E-state index contributed by atoms with van der Waals surface area (Å²) in [5, 5.41) is 0.800. The molecule has 0 amide bonds. The summed E-state index contributed by atoms with van der Waals surface area (Å²) >= 11 is 6.16. The molecule has 0 radical (unpaired) electrons. The molecular weight excluding hydrogens is 268 g/mol. The highest BCUT2D eigenvalue weighted by atomic mass is 35.5. The van der Waals surface area contributed by atoms with Gasteiger partial charge >= 0.3 is 0 Å². The Morgan fingerprint density at radius 2 is 2.05 bits per heavy atom. The Bertz CT molecular complexity index is 445. The van der Waals surface area contributed by atoms with Gasteiger partial charge in [0.05, 0.1) is 0 Å². The summed E-state index contributed by atoms with van der Waals surface area (Å²) in [6.07, 6.45) is 6.22. The minimum atomic E-state index is 0.157. The van der Waals surface area contributed by atoms with Crippen LogP contribution >= 0.6 is 11.6 Å². The number of nitrogens with zero attached hydrogens (tertiary/aromatic N) is 1. The number of benzene rings is 1. The second-order valence-corrected chi connectivity index (χ2v) is 6.83. The van der Waals surface area contributed by atoms with Gasteiger partial charge < -0.3 is 10.6 Å². The maximum Gasteiger partial charge on any atom is 0.0410 e. The smallest absolute Gasteiger partial charge is 0.0410 e. The van der Waals surface area contributed by atoms with Crippen molar-refractivity contribution in [3.05, 3.63) is 28.8 Å². The Morgan fingerprint density at radius 1 is 1.35 bits per heavy atom. The second-order valence-electron chi connectivity index (χ2n) is 6.39. The van der Waals surface area contributed by atoms with E-state index in [4.69, 9.17) is 17.3 Å². The molecule has 1 aromatic rings. The first kappa shape index (κ1) is 15.7. The minimum Gasteiger partial charge on any atom is -0.371 e. The average molecular weight is 295 g/mol. The molecule has 2 rings (SSSR count). The number of hydrogen-bond donors (Lipinski definition) is 1. The van der Waals surface area contributed by atoms with E-state index in [1.807, 2.05) is 13.0 Å². The molecule has 0 bridgehead atoms. The molecule has 1 fully saturated rings. The van der Waals surface area contributed by atoms with Crippen molar-refractivity contribution in [2.75, 3.05) is 11.9 Å². The maximum absolute atomic E-state index is 6.16. The van der Waals surface area contributed by atoms with Gasteiger partial charge in [-0.2, -0.15) is 0 Å². The van der Waals surface area contributed by atoms with Crippen LogP contribution in [0.5, 0.6) is 0 Å². The van der Waals surface area contributed by atoms with Crippen LogP contribution in [0.15, 0.2) is 18.2 Å². The van der Waals surface area contributed by atoms with Gasteiger partial charge in [0.2, 0.25) is 0 Å². The molecule has 3 unspecified atom stereocenters. The van der Waals surface area contributed by atoms with Crippen LogP contribution in [0, 0.1) is 5.92 Å². The van der Waals surface area contributed by atoms with Crippen molar-refractivity contribution in [2.45, 2.75) is 58.0 Å². The van der Waals surface area contributed by atoms with E-state index in [-0.39, 0.29) is 6.04 Å². The molecular formula is C17H27ClN2. The van der Waals surface area contributed by atoms with Crippen LogP contribution in [-0.2, 0) is 6.42 Å². The lowest BCUT2D eigenvalue weighted by Crippen LogP contribution is -2.39. The third-order valence-electron chi connectivity index (χ3n) is 4.53. The zero-order chi connectivity index (χ0) is 14.7. The number of hydrogen-bond acceptors (Lipinski definition) is 2. The normalized spacial score (nSPS) is 24.4. The minimum absolute atomic E-state index is 0.157. The van der Waals surface area contributed by atoms with Gasteiger partial charge in [0.25, 0.3) is 0 Å². The molecule has 1 aliphatic rings. The second kappa shape index (κ2) is 6.82. The third kappa shape index (κ3) is 3.67. The van der Waals surface area contributed by atoms with Crippen molar-refractivity contribution in [3.63, 3.8) is 0 Å². The van der Waals surface area contributed by atoms with Crippen LogP contribution in [-0.4, -0.2) is 19.1 Å². The highest BCUT2D eigenvalue weighted by Gasteiger charge is 2.26. The van der Waals surface area contributed by atoms with Gasteiger partial charge in [-0.1, -0.05) is 31.4 Å². The quantitative estimate of drug-likeness (QED) is 0.900. The van der Waals surface area contributed by atoms with Crippen molar-refractivity contribution in [3.8, 4) is 0 Å². The highest BCUT2D eigenvalue weighted by Crippen LogP contribution is 2.33. The summed E-state index contributed by atoms with van der Waals surface area (Å²) in [5.74, 6) is 0.757. The van der Waals surface area contributed by atoms with Gasteiger partial charge in [0.1, 0.15) is 0 Å². The Morgan fingerprint density at radius 3 is 2.70 bits per heavy atom. The first-order chi connectivity index (χ1) is 9.49. The van der Waals surface area contributed by atoms with Crippen LogP contribution < -0.4 is 10.6 Å². The van der Waals surface area contributed by atoms with E-state index in [1.165, 1.54) is 36.9 Å². The molecule has 0 saturated heterocycles. The maximum atomic E-state index is 6.16. The predicted octanol–water partition coefficient (Wildman–Crippen LogP) is 4.24. The van der Waals surface area contributed by atoms with Gasteiger partial charge in [-0.3, -0.25) is 0 Å². The first-order valence-electron chi connectivity index (χ1n) is 7.76. The molecule has 1 aliphatic carbocycles. The Kier molecular flexibility index (Phi) is 5.34. The van der Waals surface area contributed by atoms with Gasteiger partial charge in [0, 0.05) is 29.8 Å². The lowest BCUT2D eigenvalue weighted by molar-refractivity contribution is 0.321. The molecule has 1 saturated carbocycles. The summed E-state index contributed by atoms with van der Waals surface area (Å²) in [5.41, 5.74) is 8.56. The van der Waals surface area contributed by atoms with Gasteiger partial charge in [-0.15, -0.1) is 0 Å². The molecule has 2 N–H and O–H groups in total. The van der Waals surface area contributed by atoms with E-state index < -0.39 is 0 Å². The van der Waals surface area contributed by atoms with Crippen LogP contribution in [0.3, 0.4) is 0 Å². The van der Waals surface area contributed by atoms with E-state index in [0.29, 0.717) is 6.04 Å². The Hall–Kier alpha value is -0.730. The molecule has 0 heterocycles. The fraction of sp³-hybridized carbons (Fsp3) is 0.647. The van der Waals surface area contributed by atoms with Crippen molar-refractivity contribution in [1.82, 2.24) is 0 Å². The Labute approximate surface area is 128 Å². The monoisotopic (exact) mass is 294 g/mol. The number of halogens is 1. The predicted molar refractivity (Wildman–Crippen MR) is 88.6 cm³/mol. The summed E-state index contributed by atoms with van der Waals surface area (Å²) in [6, 6.07) is 7.01. The Balaban J connectivity index is 2.25. The van der Waals surface area contributed by atoms with Crippen LogP contribution in [0.4, 0.5) is 5.69 Å². The van der Waals surface area contributed by atoms with Gasteiger partial charge in [-0.05, 0) is 55.9 Å². The van der Waals surface area contributed by atoms with Gasteiger partial charge in [-0.25, -0.2) is 0 Å². The average Bonchev–Trinajstić information content (AvgIpc) is 2.38. The summed E-state index contributed by atoms with van der Waals surface area (Å²) in [6.45, 7) is 4.43. The number of rotatable bonds is 4. The fourth-order valence-electron chi connectivity index (χ4n) is 3.46. The molecule has 20 heavy (non-hydrogen) atoms. The van der Waals surface area contributed by atoms with E-state index >= 15 is 0 Å². The fourth-order valence-corrected chi connectivity index (χ4v) is 3.65. The summed E-state index contributed by atoms with van der Waals surface area (Å²) in [4.78, 5) is 2.46. The van der Waals surface area contributed by atoms with E-state index in [1.54, 1.807) is 0 Å². The topological polar surface area (TPSA) is 29.3 Å². The van der Waals surface area contributed by atoms with Crippen molar-refractivity contribution < 1.29 is 0 Å². The zero-order valence-electron chi connectivity index (χ0n) is 12.9. The molecule has 0 aliphatic heterocycles. The standard InChI is InChI=1S/C17H27ClN2/c1-12-6-4-5-7-16(12)20(3)17-9-8-15(18)11-14(17)10-13(2)19/h8-9,11-13,16H,4-7,10,19H2,1-3H3. The van der Waals surface area contributed by atoms with Crippen molar-refractivity contribution in [2.24, 2.45) is 11.7 Å². The zero-order valence-corrected chi connectivity index (χ0v) is 13.7. The molecule has 1 aromatic carbocycles. The van der Waals surface area contributed by atoms with E-state index in [2.05, 4.69) is 31.0 Å². The number of anilines is 1. The number of nitrogens with two attached hydrogens (primary N) is 1. The highest BCUT2D eigenvalue weighted by molar-refractivity contribution is 6.30. The van der Waals surface area contributed by atoms with Crippen LogP contribution in [0.2, 0.25) is 5.02 Å².